The summed E-state index contributed by atoms with van der Waals surface area (Å²) in [5, 5.41) is 10.2. The largest absolute Gasteiger partial charge is 0.416 e. The summed E-state index contributed by atoms with van der Waals surface area (Å²) < 4.78 is 37.7. The topological polar surface area (TPSA) is 40.5 Å². The first-order valence-electron chi connectivity index (χ1n) is 6.69. The van der Waals surface area contributed by atoms with Crippen molar-refractivity contribution < 1.29 is 23.2 Å². The Morgan fingerprint density at radius 2 is 1.95 bits per heavy atom. The van der Waals surface area contributed by atoms with E-state index in [0.717, 1.165) is 12.1 Å². The van der Waals surface area contributed by atoms with Gasteiger partial charge in [0.2, 0.25) is 0 Å². The van der Waals surface area contributed by atoms with E-state index in [1.54, 1.807) is 0 Å². The van der Waals surface area contributed by atoms with Crippen LogP contribution in [0.5, 0.6) is 0 Å². The predicted molar refractivity (Wildman–Crippen MR) is 75.0 cm³/mol. The molecule has 1 atom stereocenters. The van der Waals surface area contributed by atoms with Crippen molar-refractivity contribution in [1.29, 1.82) is 0 Å². The molecule has 1 fully saturated rings. The maximum atomic E-state index is 12.6. The molecule has 1 N–H and O–H groups in total. The second-order valence-electron chi connectivity index (χ2n) is 5.36. The molecule has 3 nitrogen and oxygen atoms in total. The number of benzene rings is 1. The molecule has 2 rings (SSSR count). The fourth-order valence-corrected chi connectivity index (χ4v) is 2.68. The van der Waals surface area contributed by atoms with E-state index < -0.39 is 23.1 Å². The summed E-state index contributed by atoms with van der Waals surface area (Å²) in [5.74, 6) is -0.503. The molecular weight excluding hydrogens is 295 g/mol. The lowest BCUT2D eigenvalue weighted by Crippen LogP contribution is -2.35. The minimum absolute atomic E-state index is 0.159. The molecule has 6 heteroatoms. The van der Waals surface area contributed by atoms with Gasteiger partial charge in [-0.15, -0.1) is 0 Å². The smallest absolute Gasteiger partial charge is 0.286 e. The lowest BCUT2D eigenvalue weighted by molar-refractivity contribution is -0.162. The third kappa shape index (κ3) is 2.78. The lowest BCUT2D eigenvalue weighted by atomic mass is 9.74. The zero-order chi connectivity index (χ0) is 16.5. The average Bonchev–Trinajstić information content (AvgIpc) is 2.75. The van der Waals surface area contributed by atoms with Gasteiger partial charge in [0, 0.05) is 6.54 Å². The van der Waals surface area contributed by atoms with Crippen LogP contribution in [0.2, 0.25) is 0 Å². The van der Waals surface area contributed by atoms with E-state index in [0.29, 0.717) is 22.6 Å². The second kappa shape index (κ2) is 5.61. The molecule has 1 aliphatic rings. The van der Waals surface area contributed by atoms with E-state index in [2.05, 4.69) is 13.2 Å². The van der Waals surface area contributed by atoms with Crippen LogP contribution in [0.25, 0.3) is 0 Å². The van der Waals surface area contributed by atoms with Gasteiger partial charge in [-0.3, -0.25) is 10.0 Å². The van der Waals surface area contributed by atoms with E-state index in [1.165, 1.54) is 18.2 Å². The Bertz CT molecular complexity index is 607. The first-order valence-corrected chi connectivity index (χ1v) is 6.69. The van der Waals surface area contributed by atoms with Crippen LogP contribution >= 0.6 is 0 Å². The lowest BCUT2D eigenvalue weighted by Gasteiger charge is -2.27. The number of alkyl halides is 3. The fraction of sp³-hybridized carbons (Fsp3) is 0.312. The number of hydroxylamine groups is 2. The molecular formula is C16H16F3NO2. The molecule has 0 saturated carbocycles. The highest BCUT2D eigenvalue weighted by atomic mass is 19.4. The zero-order valence-electron chi connectivity index (χ0n) is 11.9. The standard InChI is InChI=1S/C16H16F3NO2/c1-3-11(2)15(8-9-20(22)14(15)21)10-12-4-6-13(7-5-12)16(17,18)19/h3-7,22H,1-2,8-10H2/t15-/m1/s1. The summed E-state index contributed by atoms with van der Waals surface area (Å²) in [6, 6.07) is 4.65. The normalized spacial score (nSPS) is 22.0. The SMILES string of the molecule is C=CC(=C)[C@]1(Cc2ccc(C(F)(F)F)cc2)CCN(O)C1=O. The first kappa shape index (κ1) is 16.3. The Hall–Kier alpha value is -2.08. The van der Waals surface area contributed by atoms with Crippen LogP contribution in [0.4, 0.5) is 13.2 Å². The van der Waals surface area contributed by atoms with Crippen LogP contribution in [0.3, 0.4) is 0 Å². The molecule has 22 heavy (non-hydrogen) atoms. The second-order valence-corrected chi connectivity index (χ2v) is 5.36. The molecule has 0 spiro atoms. The molecule has 1 aromatic rings. The van der Waals surface area contributed by atoms with E-state index in [-0.39, 0.29) is 13.0 Å². The van der Waals surface area contributed by atoms with E-state index in [4.69, 9.17) is 0 Å². The maximum absolute atomic E-state index is 12.6. The summed E-state index contributed by atoms with van der Waals surface area (Å²) >= 11 is 0. The molecule has 0 unspecified atom stereocenters. The van der Waals surface area contributed by atoms with E-state index in [1.807, 2.05) is 0 Å². The van der Waals surface area contributed by atoms with E-state index >= 15 is 0 Å². The van der Waals surface area contributed by atoms with Gasteiger partial charge in [0.1, 0.15) is 0 Å². The molecule has 118 valence electrons. The van der Waals surface area contributed by atoms with E-state index in [9.17, 15) is 23.2 Å². The molecule has 1 saturated heterocycles. The Morgan fingerprint density at radius 1 is 1.36 bits per heavy atom. The summed E-state index contributed by atoms with van der Waals surface area (Å²) in [5.41, 5.74) is -0.765. The van der Waals surface area contributed by atoms with Crippen molar-refractivity contribution in [3.63, 3.8) is 0 Å². The molecule has 1 aromatic carbocycles. The number of amides is 1. The molecule has 1 aliphatic heterocycles. The van der Waals surface area contributed by atoms with Crippen LogP contribution in [0.15, 0.2) is 49.1 Å². The number of allylic oxidation sites excluding steroid dienone is 1. The van der Waals surface area contributed by atoms with Crippen LogP contribution in [0, 0.1) is 5.41 Å². The van der Waals surface area contributed by atoms with Gasteiger partial charge >= 0.3 is 6.18 Å². The van der Waals surface area contributed by atoms with Gasteiger partial charge in [0.05, 0.1) is 11.0 Å². The highest BCUT2D eigenvalue weighted by Crippen LogP contribution is 2.41. The number of halogens is 3. The minimum atomic E-state index is -4.40. The number of hydrogen-bond donors (Lipinski definition) is 1. The predicted octanol–water partition coefficient (Wildman–Crippen LogP) is 3.60. The van der Waals surface area contributed by atoms with Crippen molar-refractivity contribution in [3.05, 3.63) is 60.2 Å². The number of hydrogen-bond acceptors (Lipinski definition) is 2. The Morgan fingerprint density at radius 3 is 2.36 bits per heavy atom. The summed E-state index contributed by atoms with van der Waals surface area (Å²) in [6.07, 6.45) is -2.44. The first-order chi connectivity index (χ1) is 10.2. The molecule has 1 heterocycles. The monoisotopic (exact) mass is 311 g/mol. The van der Waals surface area contributed by atoms with Crippen LogP contribution in [-0.2, 0) is 17.4 Å². The fourth-order valence-electron chi connectivity index (χ4n) is 2.68. The van der Waals surface area contributed by atoms with Gasteiger partial charge in [0.25, 0.3) is 5.91 Å². The van der Waals surface area contributed by atoms with Gasteiger partial charge in [-0.25, -0.2) is 5.06 Å². The zero-order valence-corrected chi connectivity index (χ0v) is 11.9. The van der Waals surface area contributed by atoms with Crippen molar-refractivity contribution >= 4 is 5.91 Å². The number of nitrogens with zero attached hydrogens (tertiary/aromatic N) is 1. The van der Waals surface area contributed by atoms with Crippen LogP contribution in [-0.4, -0.2) is 22.7 Å². The number of rotatable bonds is 4. The molecule has 0 radical (unpaired) electrons. The summed E-state index contributed by atoms with van der Waals surface area (Å²) in [4.78, 5) is 12.2. The maximum Gasteiger partial charge on any atom is 0.416 e. The molecule has 0 aromatic heterocycles. The van der Waals surface area contributed by atoms with Gasteiger partial charge < -0.3 is 0 Å². The van der Waals surface area contributed by atoms with Crippen molar-refractivity contribution in [3.8, 4) is 0 Å². The summed E-state index contributed by atoms with van der Waals surface area (Å²) in [6.45, 7) is 7.56. The van der Waals surface area contributed by atoms with Crippen LogP contribution in [0.1, 0.15) is 17.5 Å². The minimum Gasteiger partial charge on any atom is -0.286 e. The van der Waals surface area contributed by atoms with Gasteiger partial charge in [-0.05, 0) is 36.1 Å². The van der Waals surface area contributed by atoms with Crippen molar-refractivity contribution in [2.24, 2.45) is 5.41 Å². The highest BCUT2D eigenvalue weighted by Gasteiger charge is 2.47. The van der Waals surface area contributed by atoms with Crippen molar-refractivity contribution in [2.45, 2.75) is 19.0 Å². The van der Waals surface area contributed by atoms with Crippen molar-refractivity contribution in [2.75, 3.05) is 6.54 Å². The van der Waals surface area contributed by atoms with Gasteiger partial charge in [-0.2, -0.15) is 13.2 Å². The summed E-state index contributed by atoms with van der Waals surface area (Å²) in [7, 11) is 0. The van der Waals surface area contributed by atoms with Gasteiger partial charge in [0.15, 0.2) is 0 Å². The Labute approximate surface area is 126 Å². The molecule has 0 bridgehead atoms. The highest BCUT2D eigenvalue weighted by molar-refractivity contribution is 5.88. The number of carbonyl (C=O) groups excluding carboxylic acids is 1. The molecule has 0 aliphatic carbocycles. The van der Waals surface area contributed by atoms with Crippen molar-refractivity contribution in [1.82, 2.24) is 5.06 Å². The number of carbonyl (C=O) groups is 1. The van der Waals surface area contributed by atoms with Gasteiger partial charge in [-0.1, -0.05) is 31.4 Å². The quantitative estimate of drug-likeness (QED) is 0.682. The third-order valence-electron chi connectivity index (χ3n) is 4.04. The molecule has 1 amide bonds. The Kier molecular flexibility index (Phi) is 4.15. The van der Waals surface area contributed by atoms with Crippen LogP contribution < -0.4 is 0 Å². The Balaban J connectivity index is 2.31. The average molecular weight is 311 g/mol. The third-order valence-corrected chi connectivity index (χ3v) is 4.04.